The number of fused-ring (bicyclic) bond motifs is 1. The Morgan fingerprint density at radius 3 is 2.67 bits per heavy atom. The summed E-state index contributed by atoms with van der Waals surface area (Å²) in [5.74, 6) is -2.14. The van der Waals surface area contributed by atoms with E-state index in [-0.39, 0.29) is 0 Å². The highest BCUT2D eigenvalue weighted by atomic mass is 16.4. The molecule has 0 fully saturated rings. The number of hydrogen-bond acceptors (Lipinski definition) is 5. The number of benzene rings is 1. The van der Waals surface area contributed by atoms with Crippen molar-refractivity contribution in [3.8, 4) is 0 Å². The van der Waals surface area contributed by atoms with E-state index in [4.69, 9.17) is 15.9 Å². The number of pyridine rings is 1. The highest BCUT2D eigenvalue weighted by molar-refractivity contribution is 6.00. The fraction of sp³-hybridized carbons (Fsp3) is 0.214. The van der Waals surface area contributed by atoms with E-state index < -0.39 is 24.4 Å². The molecule has 0 bridgehead atoms. The van der Waals surface area contributed by atoms with Crippen LogP contribution < -0.4 is 11.1 Å². The van der Waals surface area contributed by atoms with Crippen LogP contribution in [0.1, 0.15) is 12.1 Å². The van der Waals surface area contributed by atoms with Gasteiger partial charge in [-0.3, -0.25) is 4.79 Å². The molecule has 1 aromatic heterocycles. The van der Waals surface area contributed by atoms with Crippen LogP contribution in [0.15, 0.2) is 24.3 Å². The molecular formula is C14H15N3O4. The van der Waals surface area contributed by atoms with Gasteiger partial charge in [0.1, 0.15) is 11.9 Å². The highest BCUT2D eigenvalue weighted by Crippen LogP contribution is 2.27. The zero-order chi connectivity index (χ0) is 15.6. The van der Waals surface area contributed by atoms with Gasteiger partial charge in [0.15, 0.2) is 0 Å². The average molecular weight is 289 g/mol. The summed E-state index contributed by atoms with van der Waals surface area (Å²) in [6, 6.07) is 5.74. The van der Waals surface area contributed by atoms with E-state index in [0.717, 1.165) is 5.39 Å². The minimum absolute atomic E-state index is 0.311. The second-order valence-electron chi connectivity index (χ2n) is 4.69. The number of rotatable bonds is 5. The Bertz CT molecular complexity index is 715. The molecule has 5 N–H and O–H groups in total. The zero-order valence-electron chi connectivity index (χ0n) is 11.3. The van der Waals surface area contributed by atoms with Crippen LogP contribution in [-0.2, 0) is 9.59 Å². The molecule has 1 heterocycles. The van der Waals surface area contributed by atoms with Crippen LogP contribution in [0.5, 0.6) is 0 Å². The molecule has 2 aromatic rings. The van der Waals surface area contributed by atoms with Crippen LogP contribution in [-0.4, -0.2) is 33.2 Å². The summed E-state index contributed by atoms with van der Waals surface area (Å²) >= 11 is 0. The SMILES string of the molecule is Cc1cc2c(N)cccc2c(NC(CC(=O)O)C(=O)O)n1. The van der Waals surface area contributed by atoms with E-state index in [1.807, 2.05) is 0 Å². The Hall–Kier alpha value is -2.83. The molecule has 1 unspecified atom stereocenters. The standard InChI is InChI=1S/C14H15N3O4/c1-7-5-9-8(3-2-4-10(9)15)13(16-7)17-11(14(20)21)6-12(18)19/h2-5,11H,6,15H2,1H3,(H,16,17)(H,18,19)(H,20,21). The van der Waals surface area contributed by atoms with Crippen molar-refractivity contribution in [2.45, 2.75) is 19.4 Å². The number of carboxylic acid groups (broad SMARTS) is 2. The van der Waals surface area contributed by atoms with Crippen LogP contribution in [0.4, 0.5) is 11.5 Å². The first-order chi connectivity index (χ1) is 9.88. The Balaban J connectivity index is 2.48. The lowest BCUT2D eigenvalue weighted by atomic mass is 10.1. The lowest BCUT2D eigenvalue weighted by Gasteiger charge is -2.16. The van der Waals surface area contributed by atoms with Gasteiger partial charge in [-0.05, 0) is 19.1 Å². The van der Waals surface area contributed by atoms with Crippen molar-refractivity contribution in [1.82, 2.24) is 4.98 Å². The molecule has 21 heavy (non-hydrogen) atoms. The third kappa shape index (κ3) is 3.19. The largest absolute Gasteiger partial charge is 0.481 e. The number of anilines is 2. The topological polar surface area (TPSA) is 126 Å². The molecule has 7 nitrogen and oxygen atoms in total. The van der Waals surface area contributed by atoms with Gasteiger partial charge in [0.05, 0.1) is 6.42 Å². The van der Waals surface area contributed by atoms with Gasteiger partial charge in [-0.15, -0.1) is 0 Å². The third-order valence-electron chi connectivity index (χ3n) is 3.02. The fourth-order valence-corrected chi connectivity index (χ4v) is 2.08. The maximum absolute atomic E-state index is 11.1. The third-order valence-corrected chi connectivity index (χ3v) is 3.02. The Labute approximate surface area is 120 Å². The van der Waals surface area contributed by atoms with Gasteiger partial charge in [-0.1, -0.05) is 12.1 Å². The number of aliphatic carboxylic acids is 2. The molecule has 0 aliphatic carbocycles. The monoisotopic (exact) mass is 289 g/mol. The van der Waals surface area contributed by atoms with E-state index in [0.29, 0.717) is 22.6 Å². The van der Waals surface area contributed by atoms with Crippen molar-refractivity contribution in [1.29, 1.82) is 0 Å². The van der Waals surface area contributed by atoms with Gasteiger partial charge in [-0.25, -0.2) is 9.78 Å². The zero-order valence-corrected chi connectivity index (χ0v) is 11.3. The second-order valence-corrected chi connectivity index (χ2v) is 4.69. The molecule has 0 aliphatic rings. The maximum atomic E-state index is 11.1. The highest BCUT2D eigenvalue weighted by Gasteiger charge is 2.22. The Kier molecular flexibility index (Phi) is 3.93. The minimum Gasteiger partial charge on any atom is -0.481 e. The molecule has 0 spiro atoms. The first-order valence-corrected chi connectivity index (χ1v) is 6.25. The number of carboxylic acids is 2. The summed E-state index contributed by atoms with van der Waals surface area (Å²) in [6.45, 7) is 1.75. The molecule has 0 radical (unpaired) electrons. The van der Waals surface area contributed by atoms with Gasteiger partial charge < -0.3 is 21.3 Å². The molecule has 0 amide bonds. The molecule has 110 valence electrons. The first-order valence-electron chi connectivity index (χ1n) is 6.25. The van der Waals surface area contributed by atoms with Crippen LogP contribution >= 0.6 is 0 Å². The van der Waals surface area contributed by atoms with E-state index in [1.54, 1.807) is 31.2 Å². The van der Waals surface area contributed by atoms with Gasteiger partial charge in [0.2, 0.25) is 0 Å². The first kappa shape index (κ1) is 14.6. The normalized spacial score (nSPS) is 12.0. The van der Waals surface area contributed by atoms with Crippen molar-refractivity contribution < 1.29 is 19.8 Å². The number of nitrogen functional groups attached to an aromatic ring is 1. The van der Waals surface area contributed by atoms with E-state index >= 15 is 0 Å². The van der Waals surface area contributed by atoms with Crippen LogP contribution in [0.2, 0.25) is 0 Å². The van der Waals surface area contributed by atoms with Gasteiger partial charge in [0, 0.05) is 22.2 Å². The van der Waals surface area contributed by atoms with Crippen molar-refractivity contribution in [3.05, 3.63) is 30.0 Å². The molecule has 1 aromatic carbocycles. The van der Waals surface area contributed by atoms with Gasteiger partial charge >= 0.3 is 11.9 Å². The number of nitrogens with two attached hydrogens (primary N) is 1. The molecule has 7 heteroatoms. The Morgan fingerprint density at radius 1 is 1.33 bits per heavy atom. The van der Waals surface area contributed by atoms with E-state index in [1.165, 1.54) is 0 Å². The van der Waals surface area contributed by atoms with Crippen LogP contribution in [0.25, 0.3) is 10.8 Å². The Morgan fingerprint density at radius 2 is 2.05 bits per heavy atom. The summed E-state index contributed by atoms with van der Waals surface area (Å²) in [5, 5.41) is 21.9. The smallest absolute Gasteiger partial charge is 0.326 e. The lowest BCUT2D eigenvalue weighted by molar-refractivity contribution is -0.144. The van der Waals surface area contributed by atoms with Crippen molar-refractivity contribution >= 4 is 34.2 Å². The summed E-state index contributed by atoms with van der Waals surface area (Å²) in [5.41, 5.74) is 7.10. The number of hydrogen-bond donors (Lipinski definition) is 4. The number of aryl methyl sites for hydroxylation is 1. The summed E-state index contributed by atoms with van der Waals surface area (Å²) < 4.78 is 0. The minimum atomic E-state index is -1.26. The van der Waals surface area contributed by atoms with Crippen LogP contribution in [0.3, 0.4) is 0 Å². The predicted octanol–water partition coefficient (Wildman–Crippen LogP) is 1.47. The summed E-state index contributed by atoms with van der Waals surface area (Å²) in [4.78, 5) is 26.1. The molecule has 0 aliphatic heterocycles. The molecular weight excluding hydrogens is 274 g/mol. The predicted molar refractivity (Wildman–Crippen MR) is 78.2 cm³/mol. The van der Waals surface area contributed by atoms with Gasteiger partial charge in [-0.2, -0.15) is 0 Å². The summed E-state index contributed by atoms with van der Waals surface area (Å²) in [6.07, 6.45) is -0.547. The maximum Gasteiger partial charge on any atom is 0.326 e. The lowest BCUT2D eigenvalue weighted by Crippen LogP contribution is -2.32. The molecule has 1 atom stereocenters. The number of carbonyl (C=O) groups is 2. The average Bonchev–Trinajstić information content (AvgIpc) is 2.38. The number of nitrogens with zero attached hydrogens (tertiary/aromatic N) is 1. The summed E-state index contributed by atoms with van der Waals surface area (Å²) in [7, 11) is 0. The van der Waals surface area contributed by atoms with Crippen LogP contribution in [0, 0.1) is 6.92 Å². The fourth-order valence-electron chi connectivity index (χ4n) is 2.08. The van der Waals surface area contributed by atoms with Crippen molar-refractivity contribution in [2.75, 3.05) is 11.1 Å². The quantitative estimate of drug-likeness (QED) is 0.614. The van der Waals surface area contributed by atoms with E-state index in [9.17, 15) is 9.59 Å². The van der Waals surface area contributed by atoms with Crippen molar-refractivity contribution in [2.24, 2.45) is 0 Å². The number of aromatic nitrogens is 1. The molecule has 0 saturated carbocycles. The second kappa shape index (κ2) is 5.66. The molecule has 0 saturated heterocycles. The molecule has 2 rings (SSSR count). The van der Waals surface area contributed by atoms with Crippen molar-refractivity contribution in [3.63, 3.8) is 0 Å². The number of nitrogens with one attached hydrogen (secondary N) is 1. The van der Waals surface area contributed by atoms with Gasteiger partial charge in [0.25, 0.3) is 0 Å². The van der Waals surface area contributed by atoms with E-state index in [2.05, 4.69) is 10.3 Å².